The minimum Gasteiger partial charge on any atom is -0.497 e. The van der Waals surface area contributed by atoms with Crippen molar-refractivity contribution < 1.29 is 35.8 Å². The van der Waals surface area contributed by atoms with Crippen molar-refractivity contribution in [1.29, 1.82) is 5.26 Å². The van der Waals surface area contributed by atoms with Gasteiger partial charge < -0.3 is 30.6 Å². The van der Waals surface area contributed by atoms with E-state index in [0.717, 1.165) is 57.8 Å². The van der Waals surface area contributed by atoms with Gasteiger partial charge >= 0.3 is 6.03 Å². The zero-order valence-electron chi connectivity index (χ0n) is 45.6. The van der Waals surface area contributed by atoms with Crippen LogP contribution in [0.1, 0.15) is 37.1 Å². The molecule has 1 aliphatic rings. The van der Waals surface area contributed by atoms with Crippen LogP contribution in [-0.2, 0) is 24.8 Å². The van der Waals surface area contributed by atoms with Crippen LogP contribution in [0, 0.1) is 25.3 Å². The number of hydrogen-bond donors (Lipinski definition) is 6. The predicted molar refractivity (Wildman–Crippen MR) is 325 cm³/mol. The Hall–Kier alpha value is -5.85. The van der Waals surface area contributed by atoms with Gasteiger partial charge in [-0.25, -0.2) is 21.6 Å². The summed E-state index contributed by atoms with van der Waals surface area (Å²) in [7, 11) is -4.49. The molecule has 4 aromatic carbocycles. The van der Waals surface area contributed by atoms with E-state index in [1.165, 1.54) is 71.3 Å². The Morgan fingerprint density at radius 3 is 1.61 bits per heavy atom. The Bertz CT molecular complexity index is 3240. The minimum absolute atomic E-state index is 0.166. The van der Waals surface area contributed by atoms with E-state index in [1.54, 1.807) is 54.8 Å². The molecular weight excluding hydrogens is 1140 g/mol. The molecule has 7 rings (SSSR count). The third kappa shape index (κ3) is 20.3. The largest absolute Gasteiger partial charge is 0.497 e. The molecule has 1 fully saturated rings. The molecule has 6 aromatic rings. The number of aromatic nitrogens is 2. The number of sulfonamides is 2. The molecule has 2 amide bonds. The number of nitrogens with two attached hydrogens (primary N) is 1. The first-order chi connectivity index (χ1) is 38.4. The van der Waals surface area contributed by atoms with Crippen LogP contribution in [0.4, 0.5) is 16.2 Å². The number of carbonyl (C=O) groups excluding carboxylic acids is 1. The van der Waals surface area contributed by atoms with Gasteiger partial charge in [0.05, 0.1) is 35.0 Å². The highest BCUT2D eigenvalue weighted by molar-refractivity contribution is 8.13. The Balaban J connectivity index is 0.000000270. The first kappa shape index (κ1) is 65.0. The predicted octanol–water partition coefficient (Wildman–Crippen LogP) is 8.89. The van der Waals surface area contributed by atoms with Gasteiger partial charge in [-0.05, 0) is 156 Å². The number of aliphatic imine (C=N–C) groups is 1. The molecule has 1 atom stereocenters. The molecule has 1 saturated heterocycles. The molecule has 432 valence electrons. The van der Waals surface area contributed by atoms with Crippen LogP contribution in [0.5, 0.6) is 11.5 Å². The number of urea groups is 1. The number of ether oxygens (including phenoxy) is 3. The fraction of sp³-hybridized carbons (Fsp3) is 0.389. The lowest BCUT2D eigenvalue weighted by Crippen LogP contribution is -2.40. The van der Waals surface area contributed by atoms with Crippen molar-refractivity contribution in [3.05, 3.63) is 118 Å². The minimum atomic E-state index is -3.80. The number of nitrogens with zero attached hydrogens (tertiary/aromatic N) is 6. The van der Waals surface area contributed by atoms with Crippen LogP contribution in [-0.4, -0.2) is 144 Å². The van der Waals surface area contributed by atoms with Crippen LogP contribution in [0.15, 0.2) is 112 Å². The van der Waals surface area contributed by atoms with E-state index in [4.69, 9.17) is 48.4 Å². The van der Waals surface area contributed by atoms with E-state index in [2.05, 4.69) is 41.5 Å². The van der Waals surface area contributed by atoms with Crippen LogP contribution in [0.3, 0.4) is 0 Å². The van der Waals surface area contributed by atoms with Crippen LogP contribution in [0.2, 0.25) is 10.0 Å². The monoisotopic (exact) mass is 1210 g/mol. The topological polar surface area (TPSA) is 268 Å². The summed E-state index contributed by atoms with van der Waals surface area (Å²) in [4.78, 5) is 24.9. The summed E-state index contributed by atoms with van der Waals surface area (Å²) < 4.78 is 72.3. The first-order valence-corrected chi connectivity index (χ1v) is 31.6. The summed E-state index contributed by atoms with van der Waals surface area (Å²) in [5.41, 5.74) is 9.89. The van der Waals surface area contributed by atoms with Gasteiger partial charge in [0.15, 0.2) is 11.4 Å². The fourth-order valence-corrected chi connectivity index (χ4v) is 12.2. The molecule has 20 nitrogen and oxygen atoms in total. The molecule has 0 aliphatic carbocycles. The number of nitriles is 1. The average Bonchev–Trinajstić information content (AvgIpc) is 4.11. The lowest BCUT2D eigenvalue weighted by Gasteiger charge is -2.24. The fourth-order valence-electron chi connectivity index (χ4n) is 8.02. The molecular formula is C54H70Cl2N12O8S4. The number of rotatable bonds is 25. The Kier molecular flexibility index (Phi) is 26.9. The molecule has 26 heteroatoms. The molecule has 7 N–H and O–H groups in total. The zero-order chi connectivity index (χ0) is 58.1. The van der Waals surface area contributed by atoms with Gasteiger partial charge in [0.1, 0.15) is 17.0 Å². The van der Waals surface area contributed by atoms with Crippen molar-refractivity contribution in [1.82, 2.24) is 34.5 Å². The second kappa shape index (κ2) is 33.2. The number of anilines is 2. The SMILES string of the molecule is C1CCOC1.COc1ccc(S(=O)(=O)N(CCCN=C(NC(N)=O)SC)CCNc2cc(C)nc3ccc(Cl)cc23)cc1.COc1ccc(S(=O)(=O)N(CCCNC(NC#N)SC)CCNc2cc(C)nc3ccc(Cl)cc23)cc1. The van der Waals surface area contributed by atoms with E-state index in [9.17, 15) is 21.6 Å². The zero-order valence-corrected chi connectivity index (χ0v) is 50.4. The van der Waals surface area contributed by atoms with Crippen LogP contribution < -0.4 is 41.8 Å². The number of hydrogen-bond acceptors (Lipinski definition) is 18. The number of pyridine rings is 2. The number of benzene rings is 4. The Morgan fingerprint density at radius 1 is 0.738 bits per heavy atom. The smallest absolute Gasteiger partial charge is 0.318 e. The summed E-state index contributed by atoms with van der Waals surface area (Å²) in [5, 5.41) is 27.2. The number of nitrogens with one attached hydrogen (secondary N) is 5. The van der Waals surface area contributed by atoms with Crippen molar-refractivity contribution in [2.45, 2.75) is 54.8 Å². The highest BCUT2D eigenvalue weighted by atomic mass is 35.5. The van der Waals surface area contributed by atoms with Gasteiger partial charge in [0, 0.05) is 103 Å². The van der Waals surface area contributed by atoms with E-state index < -0.39 is 26.1 Å². The highest BCUT2D eigenvalue weighted by Crippen LogP contribution is 2.29. The standard InChI is InChI=1S/C25H31ClN6O4S2.C25H31ClN6O3S2.C4H8O/c1-17-15-23(21-16-18(26)5-10-22(21)30-17)28-12-14-32(13-4-11-29-25(37-3)31-24(27)33)38(34,35)20-8-6-19(36-2)7-9-20;1-18-15-24(22-16-19(26)5-10-23(22)31-18)28-12-14-32(13-4-11-29-25(36-3)30-17-27)37(33,34)21-8-6-20(35-2)7-9-21;1-2-4-5-3-1/h5-10,15-16H,4,11-14H2,1-3H3,(H,28,30)(H3,27,29,31,33);5-10,15-16,25,29-30H,4,11-14H2,1-3H3,(H,28,31);1-4H2. The Labute approximate surface area is 488 Å². The van der Waals surface area contributed by atoms with Gasteiger partial charge in [-0.15, -0.1) is 11.8 Å². The third-order valence-corrected chi connectivity index (χ3v) is 17.6. The summed E-state index contributed by atoms with van der Waals surface area (Å²) in [6.45, 7) is 8.38. The summed E-state index contributed by atoms with van der Waals surface area (Å²) in [5.74, 6) is 1.15. The number of methoxy groups -OCH3 is 2. The van der Waals surface area contributed by atoms with E-state index in [0.29, 0.717) is 72.3 Å². The van der Waals surface area contributed by atoms with Crippen molar-refractivity contribution in [2.24, 2.45) is 10.7 Å². The van der Waals surface area contributed by atoms with Gasteiger partial charge in [-0.1, -0.05) is 35.0 Å². The number of amides is 2. The van der Waals surface area contributed by atoms with Crippen molar-refractivity contribution in [3.63, 3.8) is 0 Å². The molecule has 2 aromatic heterocycles. The number of amidine groups is 1. The average molecular weight is 1210 g/mol. The number of fused-ring (bicyclic) bond motifs is 2. The molecule has 1 aliphatic heterocycles. The molecule has 1 unspecified atom stereocenters. The molecule has 0 spiro atoms. The Morgan fingerprint density at radius 2 is 1.21 bits per heavy atom. The third-order valence-electron chi connectivity index (χ3n) is 12.0. The number of carbonyl (C=O) groups is 1. The van der Waals surface area contributed by atoms with E-state index in [-0.39, 0.29) is 34.9 Å². The highest BCUT2D eigenvalue weighted by Gasteiger charge is 2.26. The van der Waals surface area contributed by atoms with Crippen molar-refractivity contribution in [2.75, 3.05) is 103 Å². The maximum atomic E-state index is 13.5. The second-order valence-corrected chi connectivity index (χ2v) is 24.2. The number of halogens is 2. The normalized spacial score (nSPS) is 12.9. The van der Waals surface area contributed by atoms with Gasteiger partial charge in [-0.2, -0.15) is 13.9 Å². The van der Waals surface area contributed by atoms with Crippen LogP contribution >= 0.6 is 46.7 Å². The quantitative estimate of drug-likeness (QED) is 0.00780. The van der Waals surface area contributed by atoms with Gasteiger partial charge in [-0.3, -0.25) is 30.9 Å². The number of primary amides is 1. The summed E-state index contributed by atoms with van der Waals surface area (Å²) in [6.07, 6.45) is 9.11. The summed E-state index contributed by atoms with van der Waals surface area (Å²) in [6, 6.07) is 26.8. The van der Waals surface area contributed by atoms with E-state index in [1.807, 2.05) is 62.7 Å². The van der Waals surface area contributed by atoms with E-state index >= 15 is 0 Å². The van der Waals surface area contributed by atoms with Crippen molar-refractivity contribution in [3.8, 4) is 17.7 Å². The lowest BCUT2D eigenvalue weighted by atomic mass is 10.1. The van der Waals surface area contributed by atoms with Gasteiger partial charge in [0.25, 0.3) is 0 Å². The molecule has 0 saturated carbocycles. The maximum absolute atomic E-state index is 13.5. The maximum Gasteiger partial charge on any atom is 0.318 e. The first-order valence-electron chi connectivity index (χ1n) is 25.5. The molecule has 0 bridgehead atoms. The molecule has 0 radical (unpaired) electrons. The molecule has 80 heavy (non-hydrogen) atoms. The number of aryl methyl sites for hydroxylation is 2. The molecule has 3 heterocycles. The lowest BCUT2D eigenvalue weighted by molar-refractivity contribution is 0.198. The summed E-state index contributed by atoms with van der Waals surface area (Å²) >= 11 is 15.1. The number of thioether (sulfide) groups is 2. The second-order valence-electron chi connectivity index (χ2n) is 17.7. The van der Waals surface area contributed by atoms with Crippen molar-refractivity contribution >= 4 is 111 Å². The van der Waals surface area contributed by atoms with Gasteiger partial charge in [0.2, 0.25) is 20.0 Å². The van der Waals surface area contributed by atoms with Crippen LogP contribution in [0.25, 0.3) is 21.8 Å².